The van der Waals surface area contributed by atoms with Gasteiger partial charge in [0.05, 0.1) is 112 Å². The van der Waals surface area contributed by atoms with Crippen LogP contribution in [0.25, 0.3) is 0 Å². The van der Waals surface area contributed by atoms with Gasteiger partial charge in [0, 0.05) is 36.8 Å². The maximum absolute atomic E-state index is 13.2. The van der Waals surface area contributed by atoms with E-state index in [2.05, 4.69) is 29.8 Å². The summed E-state index contributed by atoms with van der Waals surface area (Å²) in [6.07, 6.45) is -0.00862. The lowest BCUT2D eigenvalue weighted by molar-refractivity contribution is -0.156. The van der Waals surface area contributed by atoms with E-state index in [1.54, 1.807) is 32.9 Å². The highest BCUT2D eigenvalue weighted by atomic mass is 16.6. The van der Waals surface area contributed by atoms with E-state index in [0.717, 1.165) is 5.56 Å². The molecule has 0 heterocycles. The average Bonchev–Trinajstić information content (AvgIpc) is 3.18. The molecule has 1 aromatic carbocycles. The largest absolute Gasteiger partial charge is 0.508 e. The van der Waals surface area contributed by atoms with Crippen LogP contribution in [-0.2, 0) is 68.2 Å². The van der Waals surface area contributed by atoms with Crippen LogP contribution in [0.3, 0.4) is 0 Å². The van der Waals surface area contributed by atoms with E-state index < -0.39 is 23.3 Å². The van der Waals surface area contributed by atoms with Crippen LogP contribution < -0.4 is 16.0 Å². The van der Waals surface area contributed by atoms with Crippen molar-refractivity contribution in [2.75, 3.05) is 119 Å². The zero-order chi connectivity index (χ0) is 47.9. The number of phenolic OH excluding ortho intramolecular Hbond substituents is 1. The van der Waals surface area contributed by atoms with Crippen LogP contribution in [0, 0.1) is 10.8 Å². The van der Waals surface area contributed by atoms with Crippen molar-refractivity contribution in [1.29, 1.82) is 0 Å². The summed E-state index contributed by atoms with van der Waals surface area (Å²) in [5, 5.41) is 17.9. The lowest BCUT2D eigenvalue weighted by Gasteiger charge is -2.29. The molecule has 0 unspecified atom stereocenters. The first-order valence-electron chi connectivity index (χ1n) is 22.2. The fraction of sp³-hybridized carbons (Fsp3) is 0.783. The fourth-order valence-electron chi connectivity index (χ4n) is 5.33. The number of hydrogen-bond acceptors (Lipinski definition) is 15. The summed E-state index contributed by atoms with van der Waals surface area (Å²) in [7, 11) is 0. The van der Waals surface area contributed by atoms with Gasteiger partial charge in [-0.25, -0.2) is 4.79 Å². The average molecular weight is 916 g/mol. The van der Waals surface area contributed by atoms with Crippen LogP contribution in [0.5, 0.6) is 5.75 Å². The lowest BCUT2D eigenvalue weighted by atomic mass is 9.94. The summed E-state index contributed by atoms with van der Waals surface area (Å²) in [5.41, 5.74) is -0.767. The van der Waals surface area contributed by atoms with Crippen molar-refractivity contribution < 1.29 is 71.7 Å². The van der Waals surface area contributed by atoms with Crippen molar-refractivity contribution in [2.45, 2.75) is 106 Å². The van der Waals surface area contributed by atoms with Gasteiger partial charge < -0.3 is 68.4 Å². The quantitative estimate of drug-likeness (QED) is 0.0543. The van der Waals surface area contributed by atoms with Crippen molar-refractivity contribution in [1.82, 2.24) is 16.0 Å². The highest BCUT2D eigenvalue weighted by Crippen LogP contribution is 2.21. The smallest absolute Gasteiger partial charge is 0.407 e. The lowest BCUT2D eigenvalue weighted by Crippen LogP contribution is -2.48. The summed E-state index contributed by atoms with van der Waals surface area (Å²) in [6.45, 7) is 25.4. The summed E-state index contributed by atoms with van der Waals surface area (Å²) in [5.74, 6) is -0.887. The first-order valence-corrected chi connectivity index (χ1v) is 22.2. The summed E-state index contributed by atoms with van der Waals surface area (Å²) >= 11 is 0. The molecule has 18 nitrogen and oxygen atoms in total. The predicted molar refractivity (Wildman–Crippen MR) is 240 cm³/mol. The van der Waals surface area contributed by atoms with Crippen LogP contribution in [0.15, 0.2) is 24.3 Å². The molecule has 0 saturated heterocycles. The Balaban J connectivity index is 2.23. The second-order valence-electron chi connectivity index (χ2n) is 18.8. The number of alkyl carbamates (subject to hydrolysis) is 1. The van der Waals surface area contributed by atoms with E-state index in [0.29, 0.717) is 92.4 Å². The van der Waals surface area contributed by atoms with Gasteiger partial charge in [0.25, 0.3) is 0 Å². The number of aromatic hydroxyl groups is 1. The minimum absolute atomic E-state index is 0.0491. The highest BCUT2D eigenvalue weighted by molar-refractivity contribution is 5.87. The third-order valence-electron chi connectivity index (χ3n) is 8.29. The maximum atomic E-state index is 13.2. The zero-order valence-corrected chi connectivity index (χ0v) is 40.4. The molecule has 0 saturated carbocycles. The summed E-state index contributed by atoms with van der Waals surface area (Å²) in [4.78, 5) is 49.4. The van der Waals surface area contributed by atoms with Crippen LogP contribution in [0.2, 0.25) is 0 Å². The molecule has 0 aliphatic heterocycles. The third kappa shape index (κ3) is 34.7. The van der Waals surface area contributed by atoms with Gasteiger partial charge in [0.15, 0.2) is 0 Å². The molecule has 0 aromatic heterocycles. The molecule has 4 N–H and O–H groups in total. The highest BCUT2D eigenvalue weighted by Gasteiger charge is 2.25. The van der Waals surface area contributed by atoms with Gasteiger partial charge in [0.1, 0.15) is 23.0 Å². The van der Waals surface area contributed by atoms with Crippen molar-refractivity contribution >= 4 is 23.9 Å². The first-order chi connectivity index (χ1) is 30.1. The molecule has 0 radical (unpaired) electrons. The van der Waals surface area contributed by atoms with Crippen molar-refractivity contribution in [3.63, 3.8) is 0 Å². The first kappa shape index (κ1) is 58.4. The number of benzene rings is 1. The molecular formula is C46H81N3O15. The number of ether oxygens (including phenoxy) is 10. The third-order valence-corrected chi connectivity index (χ3v) is 8.29. The number of phenols is 1. The van der Waals surface area contributed by atoms with E-state index in [9.17, 15) is 24.3 Å². The van der Waals surface area contributed by atoms with E-state index >= 15 is 0 Å². The van der Waals surface area contributed by atoms with Crippen LogP contribution in [0.1, 0.15) is 87.6 Å². The Kier molecular flexibility index (Phi) is 29.3. The molecule has 1 aromatic rings. The van der Waals surface area contributed by atoms with Gasteiger partial charge in [-0.3, -0.25) is 14.4 Å². The maximum Gasteiger partial charge on any atom is 0.407 e. The number of carbonyl (C=O) groups is 4. The zero-order valence-electron chi connectivity index (χ0n) is 40.4. The molecule has 0 spiro atoms. The van der Waals surface area contributed by atoms with Gasteiger partial charge in [-0.15, -0.1) is 0 Å². The van der Waals surface area contributed by atoms with Gasteiger partial charge >= 0.3 is 12.1 Å². The number of nitrogens with one attached hydrogen (secondary N) is 3. The van der Waals surface area contributed by atoms with Crippen LogP contribution >= 0.6 is 0 Å². The van der Waals surface area contributed by atoms with E-state index in [4.69, 9.17) is 47.4 Å². The minimum atomic E-state index is -0.852. The Bertz CT molecular complexity index is 1430. The molecule has 3 amide bonds. The van der Waals surface area contributed by atoms with Gasteiger partial charge in [-0.2, -0.15) is 0 Å². The standard InChI is InChI=1S/C46H81N3O15/c1-43(2,3)63-40(52)16-20-60-32-45(7,8)34-62-35-46(9,10)33-61-30-29-56-21-17-47-41(53)38(31-36-11-13-37(50)14-12-36)49-39(51)15-19-55-23-25-58-27-28-59-26-24-57-22-18-48-42(54)64-44(4,5)6/h11-14,38,50H,15-35H2,1-10H3,(H,47,53)(H,48,54)(H,49,51)/t38-/m0/s1. The molecule has 1 rings (SSSR count). The Morgan fingerprint density at radius 3 is 1.45 bits per heavy atom. The number of carbonyl (C=O) groups excluding carboxylic acids is 4. The monoisotopic (exact) mass is 916 g/mol. The number of hydrogen-bond donors (Lipinski definition) is 4. The number of amides is 3. The Morgan fingerprint density at radius 2 is 0.938 bits per heavy atom. The summed E-state index contributed by atoms with van der Waals surface area (Å²) < 4.78 is 55.6. The molecule has 18 heteroatoms. The fourth-order valence-corrected chi connectivity index (χ4v) is 5.33. The predicted octanol–water partition coefficient (Wildman–Crippen LogP) is 4.37. The van der Waals surface area contributed by atoms with Gasteiger partial charge in [-0.05, 0) is 59.2 Å². The molecule has 370 valence electrons. The molecule has 0 bridgehead atoms. The molecule has 0 fully saturated rings. The van der Waals surface area contributed by atoms with Gasteiger partial charge in [-0.1, -0.05) is 39.8 Å². The second-order valence-corrected chi connectivity index (χ2v) is 18.8. The Hall–Kier alpha value is -3.62. The van der Waals surface area contributed by atoms with Crippen molar-refractivity contribution in [2.24, 2.45) is 10.8 Å². The van der Waals surface area contributed by atoms with E-state index in [1.807, 2.05) is 34.6 Å². The minimum Gasteiger partial charge on any atom is -0.508 e. The summed E-state index contributed by atoms with van der Waals surface area (Å²) in [6, 6.07) is 5.60. The van der Waals surface area contributed by atoms with E-state index in [1.165, 1.54) is 12.1 Å². The molecule has 0 aliphatic rings. The number of esters is 1. The Morgan fingerprint density at radius 1 is 0.516 bits per heavy atom. The van der Waals surface area contributed by atoms with E-state index in [-0.39, 0.29) is 80.0 Å². The SMILES string of the molecule is CC(C)(COCCOCCNC(=O)[C@H](Cc1ccc(O)cc1)NC(=O)CCOCCOCCOCCOCCNC(=O)OC(C)(C)C)COCC(C)(C)COCCC(=O)OC(C)(C)C. The Labute approximate surface area is 381 Å². The molecule has 0 aliphatic carbocycles. The molecule has 64 heavy (non-hydrogen) atoms. The molecule has 1 atom stereocenters. The number of rotatable bonds is 36. The van der Waals surface area contributed by atoms with Crippen LogP contribution in [0.4, 0.5) is 4.79 Å². The van der Waals surface area contributed by atoms with Crippen molar-refractivity contribution in [3.05, 3.63) is 29.8 Å². The normalized spacial score (nSPS) is 12.7. The second kappa shape index (κ2) is 32.1. The topological polar surface area (TPSA) is 217 Å². The molecular weight excluding hydrogens is 835 g/mol. The van der Waals surface area contributed by atoms with Crippen LogP contribution in [-0.4, -0.2) is 165 Å². The van der Waals surface area contributed by atoms with Gasteiger partial charge in [0.2, 0.25) is 11.8 Å². The van der Waals surface area contributed by atoms with Crippen molar-refractivity contribution in [3.8, 4) is 5.75 Å².